The number of nitrogens with one attached hydrogen (secondary N) is 2. The molecular weight excluding hydrogens is 374 g/mol. The van der Waals surface area contributed by atoms with E-state index < -0.39 is 0 Å². The van der Waals surface area contributed by atoms with Crippen molar-refractivity contribution in [2.75, 3.05) is 11.9 Å². The number of rotatable bonds is 8. The summed E-state index contributed by atoms with van der Waals surface area (Å²) in [7, 11) is 0. The van der Waals surface area contributed by atoms with Gasteiger partial charge in [-0.3, -0.25) is 14.2 Å². The number of carbonyl (C=O) groups excluding carboxylic acids is 1. The van der Waals surface area contributed by atoms with Gasteiger partial charge in [-0.15, -0.1) is 0 Å². The van der Waals surface area contributed by atoms with Gasteiger partial charge in [-0.05, 0) is 42.9 Å². The van der Waals surface area contributed by atoms with Gasteiger partial charge in [-0.2, -0.15) is 0 Å². The number of hydrogen-bond donors (Lipinski definition) is 2. The highest BCUT2D eigenvalue weighted by Gasteiger charge is 2.10. The number of ether oxygens (including phenoxy) is 1. The molecule has 0 aliphatic heterocycles. The van der Waals surface area contributed by atoms with Crippen LogP contribution in [0.4, 0.5) is 5.69 Å². The van der Waals surface area contributed by atoms with Crippen molar-refractivity contribution >= 4 is 34.7 Å². The summed E-state index contributed by atoms with van der Waals surface area (Å²) in [6.07, 6.45) is 2.11. The number of para-hydroxylation sites is 3. The monoisotopic (exact) mass is 397 g/mol. The fraction of sp³-hybridized carbons (Fsp3) is 0.286. The Morgan fingerprint density at radius 3 is 2.75 bits per heavy atom. The summed E-state index contributed by atoms with van der Waals surface area (Å²) in [5.41, 5.74) is 1.12. The Morgan fingerprint density at radius 1 is 1.18 bits per heavy atom. The number of aromatic amines is 1. The van der Waals surface area contributed by atoms with E-state index >= 15 is 0 Å². The van der Waals surface area contributed by atoms with Crippen molar-refractivity contribution in [1.82, 2.24) is 9.55 Å². The second-order valence-electron chi connectivity index (χ2n) is 6.43. The highest BCUT2D eigenvalue weighted by molar-refractivity contribution is 7.71. The van der Waals surface area contributed by atoms with Crippen LogP contribution in [0.3, 0.4) is 0 Å². The van der Waals surface area contributed by atoms with E-state index in [1.54, 1.807) is 24.3 Å². The fourth-order valence-electron chi connectivity index (χ4n) is 2.85. The summed E-state index contributed by atoms with van der Waals surface area (Å²) in [6, 6.07) is 14.5. The molecule has 0 saturated heterocycles. The smallest absolute Gasteiger partial charge is 0.262 e. The van der Waals surface area contributed by atoms with Crippen molar-refractivity contribution in [3.63, 3.8) is 0 Å². The van der Waals surface area contributed by atoms with Crippen LogP contribution in [0, 0.1) is 4.77 Å². The first-order valence-electron chi connectivity index (χ1n) is 9.33. The van der Waals surface area contributed by atoms with Crippen molar-refractivity contribution in [2.45, 2.75) is 32.7 Å². The Hall–Kier alpha value is -2.93. The van der Waals surface area contributed by atoms with E-state index in [1.807, 2.05) is 24.3 Å². The molecule has 0 aliphatic rings. The zero-order valence-corrected chi connectivity index (χ0v) is 16.6. The Bertz CT molecular complexity index is 1090. The zero-order valence-electron chi connectivity index (χ0n) is 15.7. The Kier molecular flexibility index (Phi) is 6.60. The minimum Gasteiger partial charge on any atom is -0.491 e. The molecule has 1 heterocycles. The molecule has 2 N–H and O–H groups in total. The van der Waals surface area contributed by atoms with Crippen LogP contribution in [0.15, 0.2) is 53.3 Å². The molecule has 0 radical (unpaired) electrons. The predicted octanol–water partition coefficient (Wildman–Crippen LogP) is 4.27. The third kappa shape index (κ3) is 4.67. The Labute approximate surface area is 168 Å². The minimum atomic E-state index is -0.207. The third-order valence-electron chi connectivity index (χ3n) is 4.37. The van der Waals surface area contributed by atoms with Crippen molar-refractivity contribution in [3.8, 4) is 5.75 Å². The van der Waals surface area contributed by atoms with E-state index in [0.717, 1.165) is 12.8 Å². The minimum absolute atomic E-state index is 0.124. The summed E-state index contributed by atoms with van der Waals surface area (Å²) < 4.78 is 7.46. The highest BCUT2D eigenvalue weighted by atomic mass is 32.1. The van der Waals surface area contributed by atoms with E-state index in [4.69, 9.17) is 17.0 Å². The number of fused-ring (bicyclic) bond motifs is 1. The third-order valence-corrected chi connectivity index (χ3v) is 4.69. The van der Waals surface area contributed by atoms with Crippen molar-refractivity contribution in [2.24, 2.45) is 0 Å². The molecule has 0 spiro atoms. The van der Waals surface area contributed by atoms with Gasteiger partial charge in [0.2, 0.25) is 5.91 Å². The second kappa shape index (κ2) is 9.32. The van der Waals surface area contributed by atoms with E-state index in [-0.39, 0.29) is 24.4 Å². The molecule has 3 rings (SSSR count). The highest BCUT2D eigenvalue weighted by Crippen LogP contribution is 2.24. The van der Waals surface area contributed by atoms with E-state index in [1.165, 1.54) is 4.57 Å². The molecule has 7 heteroatoms. The molecule has 1 aromatic heterocycles. The van der Waals surface area contributed by atoms with Crippen LogP contribution in [0.5, 0.6) is 5.75 Å². The van der Waals surface area contributed by atoms with Gasteiger partial charge in [0.05, 0.1) is 23.2 Å². The molecule has 0 saturated carbocycles. The van der Waals surface area contributed by atoms with E-state index in [0.29, 0.717) is 33.7 Å². The molecule has 0 aliphatic carbocycles. The molecule has 1 amide bonds. The van der Waals surface area contributed by atoms with Crippen LogP contribution in [-0.4, -0.2) is 22.1 Å². The number of H-pyrrole nitrogens is 1. The summed E-state index contributed by atoms with van der Waals surface area (Å²) in [5.74, 6) is 0.436. The molecule has 3 aromatic rings. The lowest BCUT2D eigenvalue weighted by molar-refractivity contribution is -0.116. The molecule has 6 nitrogen and oxygen atoms in total. The molecule has 2 aromatic carbocycles. The molecule has 0 atom stereocenters. The lowest BCUT2D eigenvalue weighted by Gasteiger charge is -2.13. The lowest BCUT2D eigenvalue weighted by atomic mass is 10.2. The van der Waals surface area contributed by atoms with Gasteiger partial charge in [0.1, 0.15) is 5.75 Å². The summed E-state index contributed by atoms with van der Waals surface area (Å²) >= 11 is 5.28. The van der Waals surface area contributed by atoms with Gasteiger partial charge < -0.3 is 15.0 Å². The first kappa shape index (κ1) is 19.8. The molecule has 0 fully saturated rings. The van der Waals surface area contributed by atoms with Gasteiger partial charge in [0, 0.05) is 13.0 Å². The number of carbonyl (C=O) groups is 1. The summed E-state index contributed by atoms with van der Waals surface area (Å²) in [4.78, 5) is 28.1. The molecule has 0 unspecified atom stereocenters. The lowest BCUT2D eigenvalue weighted by Crippen LogP contribution is -2.25. The second-order valence-corrected chi connectivity index (χ2v) is 6.82. The number of amides is 1. The number of hydrogen-bond acceptors (Lipinski definition) is 4. The summed E-state index contributed by atoms with van der Waals surface area (Å²) in [6.45, 7) is 2.89. The fourth-order valence-corrected chi connectivity index (χ4v) is 3.13. The predicted molar refractivity (Wildman–Crippen MR) is 113 cm³/mol. The van der Waals surface area contributed by atoms with Gasteiger partial charge in [0.15, 0.2) is 4.77 Å². The first-order valence-corrected chi connectivity index (χ1v) is 9.74. The normalized spacial score (nSPS) is 10.8. The SMILES string of the molecule is CCCCOc1ccccc1NC(=O)CCn1c(=S)[nH]c2ccccc2c1=O. The zero-order chi connectivity index (χ0) is 19.9. The Morgan fingerprint density at radius 2 is 1.93 bits per heavy atom. The quantitative estimate of drug-likeness (QED) is 0.440. The maximum Gasteiger partial charge on any atom is 0.262 e. The van der Waals surface area contributed by atoms with Crippen molar-refractivity contribution in [3.05, 3.63) is 63.7 Å². The number of anilines is 1. The van der Waals surface area contributed by atoms with Crippen LogP contribution < -0.4 is 15.6 Å². The maximum absolute atomic E-state index is 12.6. The van der Waals surface area contributed by atoms with E-state index in [9.17, 15) is 9.59 Å². The largest absolute Gasteiger partial charge is 0.491 e. The van der Waals surface area contributed by atoms with Gasteiger partial charge in [-0.25, -0.2) is 0 Å². The van der Waals surface area contributed by atoms with E-state index in [2.05, 4.69) is 17.2 Å². The van der Waals surface area contributed by atoms with Crippen LogP contribution in [0.25, 0.3) is 10.9 Å². The van der Waals surface area contributed by atoms with Crippen molar-refractivity contribution < 1.29 is 9.53 Å². The molecule has 146 valence electrons. The van der Waals surface area contributed by atoms with Crippen LogP contribution in [0.2, 0.25) is 0 Å². The summed E-state index contributed by atoms with van der Waals surface area (Å²) in [5, 5.41) is 3.41. The molecule has 28 heavy (non-hydrogen) atoms. The average Bonchev–Trinajstić information content (AvgIpc) is 2.69. The number of unbranched alkanes of at least 4 members (excludes halogenated alkanes) is 1. The number of aromatic nitrogens is 2. The average molecular weight is 398 g/mol. The van der Waals surface area contributed by atoms with Gasteiger partial charge in [-0.1, -0.05) is 37.6 Å². The Balaban J connectivity index is 1.70. The number of nitrogens with zero attached hydrogens (tertiary/aromatic N) is 1. The van der Waals surface area contributed by atoms with Crippen LogP contribution in [0.1, 0.15) is 26.2 Å². The van der Waals surface area contributed by atoms with Crippen LogP contribution >= 0.6 is 12.2 Å². The van der Waals surface area contributed by atoms with Crippen molar-refractivity contribution in [1.29, 1.82) is 0 Å². The standard InChI is InChI=1S/C21H23N3O3S/c1-2-3-14-27-18-11-7-6-10-17(18)22-19(25)12-13-24-20(26)15-8-4-5-9-16(15)23-21(24)28/h4-11H,2-3,12-14H2,1H3,(H,22,25)(H,23,28). The number of benzene rings is 2. The topological polar surface area (TPSA) is 76.1 Å². The van der Waals surface area contributed by atoms with Crippen LogP contribution in [-0.2, 0) is 11.3 Å². The first-order chi connectivity index (χ1) is 13.6. The van der Waals surface area contributed by atoms with Gasteiger partial charge in [0.25, 0.3) is 5.56 Å². The maximum atomic E-state index is 12.6. The molecular formula is C21H23N3O3S. The molecule has 0 bridgehead atoms. The van der Waals surface area contributed by atoms with Gasteiger partial charge >= 0.3 is 0 Å².